The number of methoxy groups -OCH3 is 1. The fraction of sp³-hybridized carbons (Fsp3) is 0.478. The molecule has 2 aromatic rings. The van der Waals surface area contributed by atoms with Gasteiger partial charge in [-0.1, -0.05) is 43.7 Å². The van der Waals surface area contributed by atoms with Crippen LogP contribution in [0.15, 0.2) is 36.4 Å². The van der Waals surface area contributed by atoms with Gasteiger partial charge in [0.1, 0.15) is 4.88 Å². The predicted molar refractivity (Wildman–Crippen MR) is 117 cm³/mol. The van der Waals surface area contributed by atoms with Gasteiger partial charge in [0, 0.05) is 17.5 Å². The van der Waals surface area contributed by atoms with E-state index in [0.29, 0.717) is 17.7 Å². The van der Waals surface area contributed by atoms with E-state index in [4.69, 9.17) is 4.74 Å². The fourth-order valence-corrected chi connectivity index (χ4v) is 5.13. The average molecular weight is 416 g/mol. The highest BCUT2D eigenvalue weighted by Crippen LogP contribution is 2.40. The van der Waals surface area contributed by atoms with Crippen LogP contribution in [0.3, 0.4) is 0 Å². The Morgan fingerprint density at radius 1 is 1.17 bits per heavy atom. The van der Waals surface area contributed by atoms with Crippen LogP contribution in [0, 0.1) is 5.92 Å². The van der Waals surface area contributed by atoms with Crippen molar-refractivity contribution < 1.29 is 19.4 Å². The molecule has 1 aliphatic rings. The third-order valence-corrected chi connectivity index (χ3v) is 6.84. The average Bonchev–Trinajstić information content (AvgIpc) is 3.19. The minimum absolute atomic E-state index is 0.248. The highest BCUT2D eigenvalue weighted by Gasteiger charge is 2.32. The van der Waals surface area contributed by atoms with Gasteiger partial charge in [0.15, 0.2) is 0 Å². The lowest BCUT2D eigenvalue weighted by atomic mass is 9.85. The van der Waals surface area contributed by atoms with Gasteiger partial charge in [-0.05, 0) is 43.7 Å². The number of hydrogen-bond acceptors (Lipinski definition) is 5. The predicted octanol–water partition coefficient (Wildman–Crippen LogP) is 5.45. The number of carboxylic acids is 1. The number of aliphatic carboxylic acids is 1. The van der Waals surface area contributed by atoms with E-state index in [1.165, 1.54) is 18.4 Å². The standard InChI is InChI=1S/C23H29NO4S/c1-3-4-14-24(18-12-10-17(11-13-18)22(25)26)19-15-20(16-8-6-5-7-9-16)29-21(19)23(27)28-2/h5-9,15,17-18H,3-4,10-14H2,1-2H3,(H,25,26). The van der Waals surface area contributed by atoms with Crippen molar-refractivity contribution in [2.75, 3.05) is 18.6 Å². The quantitative estimate of drug-likeness (QED) is 0.581. The molecular formula is C23H29NO4S. The van der Waals surface area contributed by atoms with Crippen LogP contribution in [0.1, 0.15) is 55.1 Å². The van der Waals surface area contributed by atoms with Gasteiger partial charge in [0.25, 0.3) is 0 Å². The lowest BCUT2D eigenvalue weighted by molar-refractivity contribution is -0.142. The number of carboxylic acid groups (broad SMARTS) is 1. The number of unbranched alkanes of at least 4 members (excludes halogenated alkanes) is 1. The van der Waals surface area contributed by atoms with Crippen LogP contribution < -0.4 is 4.90 Å². The van der Waals surface area contributed by atoms with E-state index in [2.05, 4.69) is 17.9 Å². The zero-order chi connectivity index (χ0) is 20.8. The van der Waals surface area contributed by atoms with Crippen molar-refractivity contribution in [3.05, 3.63) is 41.3 Å². The molecule has 0 spiro atoms. The van der Waals surface area contributed by atoms with Crippen molar-refractivity contribution in [1.29, 1.82) is 0 Å². The summed E-state index contributed by atoms with van der Waals surface area (Å²) in [4.78, 5) is 27.9. The summed E-state index contributed by atoms with van der Waals surface area (Å²) in [6, 6.07) is 12.4. The first-order chi connectivity index (χ1) is 14.0. The van der Waals surface area contributed by atoms with Crippen LogP contribution >= 0.6 is 11.3 Å². The SMILES string of the molecule is CCCCN(c1cc(-c2ccccc2)sc1C(=O)OC)C1CCC(C(=O)O)CC1. The first-order valence-corrected chi connectivity index (χ1v) is 11.1. The Hall–Kier alpha value is -2.34. The minimum Gasteiger partial charge on any atom is -0.481 e. The number of benzene rings is 1. The summed E-state index contributed by atoms with van der Waals surface area (Å²) in [5, 5.41) is 9.33. The van der Waals surface area contributed by atoms with Gasteiger partial charge < -0.3 is 14.7 Å². The summed E-state index contributed by atoms with van der Waals surface area (Å²) in [5.41, 5.74) is 2.01. The largest absolute Gasteiger partial charge is 0.481 e. The Morgan fingerprint density at radius 3 is 2.45 bits per heavy atom. The van der Waals surface area contributed by atoms with Crippen LogP contribution in [0.5, 0.6) is 0 Å². The molecule has 1 aromatic carbocycles. The Bertz CT molecular complexity index is 825. The number of carbonyl (C=O) groups is 2. The first kappa shape index (κ1) is 21.4. The lowest BCUT2D eigenvalue weighted by Gasteiger charge is -2.37. The van der Waals surface area contributed by atoms with Gasteiger partial charge in [-0.15, -0.1) is 11.3 Å². The second-order valence-corrected chi connectivity index (χ2v) is 8.63. The maximum absolute atomic E-state index is 12.6. The summed E-state index contributed by atoms with van der Waals surface area (Å²) < 4.78 is 5.08. The summed E-state index contributed by atoms with van der Waals surface area (Å²) in [6.07, 6.45) is 5.12. The lowest BCUT2D eigenvalue weighted by Crippen LogP contribution is -2.40. The summed E-state index contributed by atoms with van der Waals surface area (Å²) in [5.74, 6) is -1.25. The van der Waals surface area contributed by atoms with Crippen molar-refractivity contribution in [3.63, 3.8) is 0 Å². The number of anilines is 1. The molecule has 0 aliphatic heterocycles. The zero-order valence-electron chi connectivity index (χ0n) is 17.1. The van der Waals surface area contributed by atoms with Gasteiger partial charge in [0.05, 0.1) is 18.7 Å². The van der Waals surface area contributed by atoms with E-state index in [1.807, 2.05) is 30.3 Å². The maximum Gasteiger partial charge on any atom is 0.350 e. The van der Waals surface area contributed by atoms with Gasteiger partial charge in [-0.2, -0.15) is 0 Å². The highest BCUT2D eigenvalue weighted by molar-refractivity contribution is 7.18. The zero-order valence-corrected chi connectivity index (χ0v) is 17.9. The molecule has 3 rings (SSSR count). The summed E-state index contributed by atoms with van der Waals surface area (Å²) in [6.45, 7) is 3.01. The minimum atomic E-state index is -0.694. The van der Waals surface area contributed by atoms with Crippen LogP contribution in [-0.2, 0) is 9.53 Å². The smallest absolute Gasteiger partial charge is 0.350 e. The Balaban J connectivity index is 1.95. The molecule has 0 amide bonds. The van der Waals surface area contributed by atoms with Crippen LogP contribution in [0.2, 0.25) is 0 Å². The number of hydrogen-bond donors (Lipinski definition) is 1. The Labute approximate surface area is 176 Å². The molecule has 0 bridgehead atoms. The molecule has 1 fully saturated rings. The van der Waals surface area contributed by atoms with Crippen LogP contribution in [0.4, 0.5) is 5.69 Å². The van der Waals surface area contributed by atoms with Crippen LogP contribution in [0.25, 0.3) is 10.4 Å². The molecule has 156 valence electrons. The van der Waals surface area contributed by atoms with Gasteiger partial charge in [0.2, 0.25) is 0 Å². The van der Waals surface area contributed by atoms with E-state index in [1.54, 1.807) is 0 Å². The molecule has 1 aliphatic carbocycles. The fourth-order valence-electron chi connectivity index (χ4n) is 4.04. The molecule has 1 saturated carbocycles. The molecule has 0 radical (unpaired) electrons. The highest BCUT2D eigenvalue weighted by atomic mass is 32.1. The number of carbonyl (C=O) groups excluding carboxylic acids is 1. The molecule has 1 aromatic heterocycles. The van der Waals surface area contributed by atoms with Crippen LogP contribution in [-0.4, -0.2) is 36.7 Å². The van der Waals surface area contributed by atoms with E-state index >= 15 is 0 Å². The Morgan fingerprint density at radius 2 is 1.86 bits per heavy atom. The number of nitrogens with zero attached hydrogens (tertiary/aromatic N) is 1. The topological polar surface area (TPSA) is 66.8 Å². The Kier molecular flexibility index (Phi) is 7.31. The van der Waals surface area contributed by atoms with Gasteiger partial charge in [-0.25, -0.2) is 4.79 Å². The van der Waals surface area contributed by atoms with Gasteiger partial charge in [-0.3, -0.25) is 4.79 Å². The molecule has 0 unspecified atom stereocenters. The molecule has 0 saturated heterocycles. The summed E-state index contributed by atoms with van der Waals surface area (Å²) >= 11 is 1.47. The second-order valence-electron chi connectivity index (χ2n) is 7.57. The van der Waals surface area contributed by atoms with Crippen molar-refractivity contribution in [2.24, 2.45) is 5.92 Å². The van der Waals surface area contributed by atoms with Crippen molar-refractivity contribution in [2.45, 2.75) is 51.5 Å². The monoisotopic (exact) mass is 415 g/mol. The molecular weight excluding hydrogens is 386 g/mol. The van der Waals surface area contributed by atoms with Crippen molar-refractivity contribution >= 4 is 29.0 Å². The maximum atomic E-state index is 12.6. The molecule has 6 heteroatoms. The van der Waals surface area contributed by atoms with E-state index in [9.17, 15) is 14.7 Å². The van der Waals surface area contributed by atoms with E-state index in [-0.39, 0.29) is 17.9 Å². The normalized spacial score (nSPS) is 19.0. The first-order valence-electron chi connectivity index (χ1n) is 10.3. The third-order valence-electron chi connectivity index (χ3n) is 5.69. The number of esters is 1. The summed E-state index contributed by atoms with van der Waals surface area (Å²) in [7, 11) is 1.42. The van der Waals surface area contributed by atoms with Gasteiger partial charge >= 0.3 is 11.9 Å². The number of thiophene rings is 1. The molecule has 0 atom stereocenters. The van der Waals surface area contributed by atoms with E-state index in [0.717, 1.165) is 48.4 Å². The number of ether oxygens (including phenoxy) is 1. The molecule has 1 N–H and O–H groups in total. The molecule has 5 nitrogen and oxygen atoms in total. The molecule has 29 heavy (non-hydrogen) atoms. The third kappa shape index (κ3) is 4.99. The number of rotatable bonds is 8. The van der Waals surface area contributed by atoms with Crippen molar-refractivity contribution in [1.82, 2.24) is 0 Å². The van der Waals surface area contributed by atoms with E-state index < -0.39 is 5.97 Å². The second kappa shape index (κ2) is 9.92. The van der Waals surface area contributed by atoms with Crippen molar-refractivity contribution in [3.8, 4) is 10.4 Å². The molecule has 1 heterocycles.